The largest absolute Gasteiger partial charge is 0.496 e. The summed E-state index contributed by atoms with van der Waals surface area (Å²) in [6.45, 7) is 5.76. The number of methoxy groups -OCH3 is 1. The number of hydrogen-bond donors (Lipinski definition) is 1. The van der Waals surface area contributed by atoms with Crippen molar-refractivity contribution in [1.82, 2.24) is 4.90 Å². The van der Waals surface area contributed by atoms with Crippen molar-refractivity contribution in [1.29, 1.82) is 0 Å². The molecule has 26 heavy (non-hydrogen) atoms. The third-order valence-corrected chi connectivity index (χ3v) is 7.04. The summed E-state index contributed by atoms with van der Waals surface area (Å²) in [6, 6.07) is 6.62. The van der Waals surface area contributed by atoms with Crippen molar-refractivity contribution in [3.63, 3.8) is 0 Å². The minimum atomic E-state index is -0.615. The van der Waals surface area contributed by atoms with E-state index in [9.17, 15) is 9.90 Å². The van der Waals surface area contributed by atoms with E-state index in [1.165, 1.54) is 36.8 Å². The normalized spacial score (nSPS) is 30.6. The van der Waals surface area contributed by atoms with Gasteiger partial charge in [0.1, 0.15) is 5.75 Å². The first-order valence-corrected chi connectivity index (χ1v) is 9.97. The molecule has 0 radical (unpaired) electrons. The highest BCUT2D eigenvalue weighted by Gasteiger charge is 2.51. The van der Waals surface area contributed by atoms with Gasteiger partial charge in [-0.3, -0.25) is 4.79 Å². The molecular formula is C22H31NO3. The quantitative estimate of drug-likeness (QED) is 0.898. The average Bonchev–Trinajstić information content (AvgIpc) is 2.57. The highest BCUT2D eigenvalue weighted by atomic mass is 16.5. The van der Waals surface area contributed by atoms with E-state index in [-0.39, 0.29) is 11.8 Å². The third-order valence-electron chi connectivity index (χ3n) is 7.04. The molecule has 0 bridgehead atoms. The molecule has 142 valence electrons. The number of amides is 1. The molecule has 1 heterocycles. The van der Waals surface area contributed by atoms with Crippen LogP contribution in [0.2, 0.25) is 0 Å². The summed E-state index contributed by atoms with van der Waals surface area (Å²) in [6.07, 6.45) is 6.08. The van der Waals surface area contributed by atoms with E-state index in [1.807, 2.05) is 11.8 Å². The second kappa shape index (κ2) is 6.26. The summed E-state index contributed by atoms with van der Waals surface area (Å²) >= 11 is 0. The Hall–Kier alpha value is -1.55. The van der Waals surface area contributed by atoms with Gasteiger partial charge in [0.2, 0.25) is 5.91 Å². The van der Waals surface area contributed by atoms with Crippen LogP contribution in [0.5, 0.6) is 5.75 Å². The Kier molecular flexibility index (Phi) is 4.30. The van der Waals surface area contributed by atoms with Crippen molar-refractivity contribution in [2.45, 2.75) is 63.9 Å². The van der Waals surface area contributed by atoms with Crippen LogP contribution in [0.25, 0.3) is 0 Å². The SMILES string of the molecule is COc1cc(C2CCC3(CC2)CN(C(=O)[C@H]2C[C@@](C)(O)C2)C3)ccc1C. The van der Waals surface area contributed by atoms with Crippen LogP contribution in [-0.4, -0.2) is 41.7 Å². The van der Waals surface area contributed by atoms with Crippen LogP contribution >= 0.6 is 0 Å². The second-order valence-electron chi connectivity index (χ2n) is 9.30. The molecule has 2 saturated carbocycles. The lowest BCUT2D eigenvalue weighted by molar-refractivity contribution is -0.163. The van der Waals surface area contributed by atoms with E-state index in [0.717, 1.165) is 18.8 Å². The van der Waals surface area contributed by atoms with E-state index in [2.05, 4.69) is 25.1 Å². The highest BCUT2D eigenvalue weighted by Crippen LogP contribution is 2.50. The Labute approximate surface area is 156 Å². The van der Waals surface area contributed by atoms with E-state index in [4.69, 9.17) is 4.74 Å². The van der Waals surface area contributed by atoms with Gasteiger partial charge >= 0.3 is 0 Å². The fraction of sp³-hybridized carbons (Fsp3) is 0.682. The van der Waals surface area contributed by atoms with Gasteiger partial charge in [-0.1, -0.05) is 12.1 Å². The molecule has 1 spiro atoms. The monoisotopic (exact) mass is 357 g/mol. The number of aryl methyl sites for hydroxylation is 1. The molecule has 2 aliphatic carbocycles. The summed E-state index contributed by atoms with van der Waals surface area (Å²) < 4.78 is 5.48. The van der Waals surface area contributed by atoms with Crippen LogP contribution in [0.1, 0.15) is 62.5 Å². The Morgan fingerprint density at radius 1 is 1.23 bits per heavy atom. The molecule has 1 aromatic rings. The number of ether oxygens (including phenoxy) is 1. The Morgan fingerprint density at radius 2 is 1.88 bits per heavy atom. The fourth-order valence-corrected chi connectivity index (χ4v) is 5.32. The van der Waals surface area contributed by atoms with Crippen molar-refractivity contribution >= 4 is 5.91 Å². The van der Waals surface area contributed by atoms with Crippen LogP contribution in [0.3, 0.4) is 0 Å². The predicted octanol–water partition coefficient (Wildman–Crippen LogP) is 3.65. The number of aliphatic hydroxyl groups is 1. The van der Waals surface area contributed by atoms with Crippen LogP contribution < -0.4 is 4.74 Å². The zero-order chi connectivity index (χ0) is 18.5. The summed E-state index contributed by atoms with van der Waals surface area (Å²) in [5.74, 6) is 1.92. The molecule has 1 saturated heterocycles. The molecule has 4 rings (SSSR count). The fourth-order valence-electron chi connectivity index (χ4n) is 5.32. The van der Waals surface area contributed by atoms with Crippen LogP contribution in [0, 0.1) is 18.3 Å². The Morgan fingerprint density at radius 3 is 2.46 bits per heavy atom. The third kappa shape index (κ3) is 3.13. The van der Waals surface area contributed by atoms with Gasteiger partial charge in [0, 0.05) is 24.4 Å². The maximum Gasteiger partial charge on any atom is 0.225 e. The van der Waals surface area contributed by atoms with E-state index in [1.54, 1.807) is 7.11 Å². The average molecular weight is 357 g/mol. The summed E-state index contributed by atoms with van der Waals surface area (Å²) in [5, 5.41) is 9.86. The molecule has 1 amide bonds. The first-order valence-electron chi connectivity index (χ1n) is 9.97. The maximum absolute atomic E-state index is 12.5. The lowest BCUT2D eigenvalue weighted by Crippen LogP contribution is -2.62. The van der Waals surface area contributed by atoms with Crippen LogP contribution in [0.15, 0.2) is 18.2 Å². The minimum Gasteiger partial charge on any atom is -0.496 e. The van der Waals surface area contributed by atoms with E-state index < -0.39 is 5.60 Å². The number of carbonyl (C=O) groups excluding carboxylic acids is 1. The number of nitrogens with zero attached hydrogens (tertiary/aromatic N) is 1. The summed E-state index contributed by atoms with van der Waals surface area (Å²) in [5.41, 5.74) is 2.32. The molecule has 3 fully saturated rings. The zero-order valence-corrected chi connectivity index (χ0v) is 16.3. The first kappa shape index (κ1) is 17.8. The van der Waals surface area contributed by atoms with E-state index in [0.29, 0.717) is 24.2 Å². The molecule has 1 aromatic carbocycles. The lowest BCUT2D eigenvalue weighted by Gasteiger charge is -2.55. The van der Waals surface area contributed by atoms with Crippen LogP contribution in [0.4, 0.5) is 0 Å². The van der Waals surface area contributed by atoms with Gasteiger partial charge < -0.3 is 14.7 Å². The molecule has 0 unspecified atom stereocenters. The van der Waals surface area contributed by atoms with Crippen molar-refractivity contribution in [2.75, 3.05) is 20.2 Å². The molecular weight excluding hydrogens is 326 g/mol. The number of likely N-dealkylation sites (tertiary alicyclic amines) is 1. The van der Waals surface area contributed by atoms with Gasteiger partial charge in [0.25, 0.3) is 0 Å². The van der Waals surface area contributed by atoms with Gasteiger partial charge in [0.15, 0.2) is 0 Å². The topological polar surface area (TPSA) is 49.8 Å². The lowest BCUT2D eigenvalue weighted by atomic mass is 9.63. The molecule has 1 aliphatic heterocycles. The zero-order valence-electron chi connectivity index (χ0n) is 16.3. The highest BCUT2D eigenvalue weighted by molar-refractivity contribution is 5.81. The molecule has 0 aromatic heterocycles. The number of benzene rings is 1. The van der Waals surface area contributed by atoms with Crippen molar-refractivity contribution < 1.29 is 14.6 Å². The van der Waals surface area contributed by atoms with Crippen molar-refractivity contribution in [3.05, 3.63) is 29.3 Å². The van der Waals surface area contributed by atoms with Gasteiger partial charge in [-0.25, -0.2) is 0 Å². The van der Waals surface area contributed by atoms with E-state index >= 15 is 0 Å². The predicted molar refractivity (Wildman–Crippen MR) is 101 cm³/mol. The first-order chi connectivity index (χ1) is 12.3. The van der Waals surface area contributed by atoms with Crippen molar-refractivity contribution in [2.24, 2.45) is 11.3 Å². The standard InChI is InChI=1S/C22H31NO3/c1-15-4-5-17(10-19(15)26-3)16-6-8-22(9-7-16)13-23(14-22)20(24)18-11-21(2,25)12-18/h4-5,10,16,18,25H,6-9,11-14H2,1-3H3/t18-,21+. The van der Waals surface area contributed by atoms with Crippen LogP contribution in [-0.2, 0) is 4.79 Å². The van der Waals surface area contributed by atoms with Gasteiger partial charge in [0.05, 0.1) is 12.7 Å². The second-order valence-corrected chi connectivity index (χ2v) is 9.30. The minimum absolute atomic E-state index is 0.0544. The molecule has 3 aliphatic rings. The smallest absolute Gasteiger partial charge is 0.225 e. The summed E-state index contributed by atoms with van der Waals surface area (Å²) in [7, 11) is 1.74. The summed E-state index contributed by atoms with van der Waals surface area (Å²) in [4.78, 5) is 14.5. The number of carbonyl (C=O) groups is 1. The maximum atomic E-state index is 12.5. The molecule has 4 nitrogen and oxygen atoms in total. The van der Waals surface area contributed by atoms with Gasteiger partial charge in [-0.2, -0.15) is 0 Å². The Bertz CT molecular complexity index is 687. The number of hydrogen-bond acceptors (Lipinski definition) is 3. The van der Waals surface area contributed by atoms with Crippen molar-refractivity contribution in [3.8, 4) is 5.75 Å². The molecule has 1 N–H and O–H groups in total. The Balaban J connectivity index is 1.30. The van der Waals surface area contributed by atoms with Gasteiger partial charge in [-0.15, -0.1) is 0 Å². The molecule has 4 heteroatoms. The number of rotatable bonds is 3. The van der Waals surface area contributed by atoms with Gasteiger partial charge in [-0.05, 0) is 75.5 Å². The molecule has 0 atom stereocenters.